The fraction of sp³-hybridized carbons (Fsp3) is 0.125. The summed E-state index contributed by atoms with van der Waals surface area (Å²) in [7, 11) is 0. The molecule has 1 nitrogen and oxygen atoms in total. The molecule has 0 bridgehead atoms. The van der Waals surface area contributed by atoms with Crippen LogP contribution in [0.4, 0.5) is 0 Å². The molecule has 1 saturated heterocycles. The second-order valence-electron chi connectivity index (χ2n) is 5.08. The maximum absolute atomic E-state index is 2.39. The Bertz CT molecular complexity index is 827. The van der Waals surface area contributed by atoms with E-state index in [1.54, 1.807) is 0 Å². The van der Waals surface area contributed by atoms with Gasteiger partial charge in [-0.15, -0.1) is 11.3 Å². The summed E-state index contributed by atoms with van der Waals surface area (Å²) in [5, 5.41) is 2.81. The third-order valence-corrected chi connectivity index (χ3v) is 5.25. The van der Waals surface area contributed by atoms with Crippen molar-refractivity contribution < 1.29 is 0 Å². The van der Waals surface area contributed by atoms with Gasteiger partial charge >= 0.3 is 0 Å². The Morgan fingerprint density at radius 2 is 1.89 bits per heavy atom. The summed E-state index contributed by atoms with van der Waals surface area (Å²) in [6, 6.07) is 16.2. The van der Waals surface area contributed by atoms with Crippen LogP contribution in [0.3, 0.4) is 0 Å². The summed E-state index contributed by atoms with van der Waals surface area (Å²) in [6.45, 7) is 1.23. The van der Waals surface area contributed by atoms with E-state index in [1.807, 2.05) is 11.3 Å². The van der Waals surface area contributed by atoms with Gasteiger partial charge in [0, 0.05) is 38.5 Å². The molecule has 2 aliphatic rings. The molecule has 1 fully saturated rings. The van der Waals surface area contributed by atoms with Gasteiger partial charge in [-0.2, -0.15) is 0 Å². The van der Waals surface area contributed by atoms with Gasteiger partial charge in [0.2, 0.25) is 0 Å². The van der Waals surface area contributed by atoms with Gasteiger partial charge in [0.05, 0.1) is 6.04 Å². The van der Waals surface area contributed by atoms with E-state index in [9.17, 15) is 0 Å². The van der Waals surface area contributed by atoms with Crippen LogP contribution in [0, 0.1) is 0 Å². The molecular formula is C16H11NS. The highest BCUT2D eigenvalue weighted by molar-refractivity contribution is 7.26. The lowest BCUT2D eigenvalue weighted by atomic mass is 9.99. The van der Waals surface area contributed by atoms with Crippen molar-refractivity contribution in [3.05, 3.63) is 54.2 Å². The average Bonchev–Trinajstić information content (AvgIpc) is 2.86. The molecule has 2 aromatic carbocycles. The summed E-state index contributed by atoms with van der Waals surface area (Å²) >= 11 is 1.93. The van der Waals surface area contributed by atoms with Crippen LogP contribution in [0.2, 0.25) is 0 Å². The SMILES string of the molecule is C1=C(c2cccc3c2sc2ccccc23)C2CN12. The summed E-state index contributed by atoms with van der Waals surface area (Å²) in [5.41, 5.74) is 2.99. The Balaban J connectivity index is 1.90. The number of hydrogen-bond donors (Lipinski definition) is 0. The van der Waals surface area contributed by atoms with Gasteiger partial charge in [0.25, 0.3) is 0 Å². The molecule has 2 aliphatic heterocycles. The minimum absolute atomic E-state index is 0.723. The zero-order valence-corrected chi connectivity index (χ0v) is 10.6. The van der Waals surface area contributed by atoms with Crippen molar-refractivity contribution in [3.63, 3.8) is 0 Å². The smallest absolute Gasteiger partial charge is 0.0733 e. The largest absolute Gasteiger partial charge is 0.366 e. The highest BCUT2D eigenvalue weighted by atomic mass is 32.1. The molecule has 0 spiro atoms. The highest BCUT2D eigenvalue weighted by Gasteiger charge is 2.44. The molecule has 0 N–H and O–H groups in total. The second kappa shape index (κ2) is 2.96. The van der Waals surface area contributed by atoms with Gasteiger partial charge < -0.3 is 4.90 Å². The molecule has 86 valence electrons. The average molecular weight is 249 g/mol. The predicted octanol–water partition coefficient (Wildman–Crippen LogP) is 4.09. The molecule has 18 heavy (non-hydrogen) atoms. The monoisotopic (exact) mass is 249 g/mol. The van der Waals surface area contributed by atoms with E-state index >= 15 is 0 Å². The first-order chi connectivity index (χ1) is 8.92. The quantitative estimate of drug-likeness (QED) is 0.587. The zero-order valence-electron chi connectivity index (χ0n) is 9.76. The fourth-order valence-corrected chi connectivity index (χ4v) is 4.22. The molecule has 5 rings (SSSR count). The zero-order chi connectivity index (χ0) is 11.7. The molecule has 0 radical (unpaired) electrons. The first-order valence-electron chi connectivity index (χ1n) is 6.30. The standard InChI is InChI=1S/C16H11NS/c1-2-7-15-10(4-1)11-5-3-6-12(16(11)18-15)13-8-17-9-14(13)17/h1-8,14H,9H2. The first kappa shape index (κ1) is 9.17. The Labute approximate surface area is 109 Å². The lowest BCUT2D eigenvalue weighted by Crippen LogP contribution is -2.08. The van der Waals surface area contributed by atoms with Gasteiger partial charge in [-0.05, 0) is 11.6 Å². The van der Waals surface area contributed by atoms with Crippen molar-refractivity contribution in [2.45, 2.75) is 6.04 Å². The summed E-state index contributed by atoms with van der Waals surface area (Å²) < 4.78 is 2.85. The van der Waals surface area contributed by atoms with Crippen LogP contribution >= 0.6 is 11.3 Å². The topological polar surface area (TPSA) is 3.01 Å². The maximum atomic E-state index is 2.39. The van der Waals surface area contributed by atoms with Crippen LogP contribution in [0.25, 0.3) is 25.7 Å². The molecule has 1 unspecified atom stereocenters. The van der Waals surface area contributed by atoms with Crippen molar-refractivity contribution in [2.75, 3.05) is 6.54 Å². The summed E-state index contributed by atoms with van der Waals surface area (Å²) in [4.78, 5) is 2.39. The van der Waals surface area contributed by atoms with Crippen LogP contribution in [-0.4, -0.2) is 17.5 Å². The van der Waals surface area contributed by atoms with Crippen molar-refractivity contribution in [3.8, 4) is 0 Å². The van der Waals surface area contributed by atoms with Gasteiger partial charge in [-0.25, -0.2) is 0 Å². The Morgan fingerprint density at radius 1 is 1.00 bits per heavy atom. The fourth-order valence-electron chi connectivity index (χ4n) is 2.98. The number of hydrogen-bond acceptors (Lipinski definition) is 2. The second-order valence-corrected chi connectivity index (χ2v) is 6.13. The van der Waals surface area contributed by atoms with Crippen molar-refractivity contribution in [1.29, 1.82) is 0 Å². The number of rotatable bonds is 1. The number of benzene rings is 2. The van der Waals surface area contributed by atoms with Crippen LogP contribution in [-0.2, 0) is 0 Å². The summed E-state index contributed by atoms with van der Waals surface area (Å²) in [5.74, 6) is 0. The van der Waals surface area contributed by atoms with E-state index in [0.29, 0.717) is 0 Å². The Hall–Kier alpha value is -1.80. The van der Waals surface area contributed by atoms with E-state index < -0.39 is 0 Å². The van der Waals surface area contributed by atoms with E-state index in [0.717, 1.165) is 6.04 Å². The molecule has 2 heteroatoms. The van der Waals surface area contributed by atoms with Crippen LogP contribution in [0.5, 0.6) is 0 Å². The van der Waals surface area contributed by atoms with Gasteiger partial charge in [0.15, 0.2) is 0 Å². The van der Waals surface area contributed by atoms with Crippen molar-refractivity contribution >= 4 is 37.1 Å². The normalized spacial score (nSPS) is 20.8. The molecule has 3 heterocycles. The third kappa shape index (κ3) is 1.02. The van der Waals surface area contributed by atoms with E-state index in [-0.39, 0.29) is 0 Å². The van der Waals surface area contributed by atoms with Crippen molar-refractivity contribution in [2.24, 2.45) is 0 Å². The van der Waals surface area contributed by atoms with Gasteiger partial charge in [0.1, 0.15) is 0 Å². The molecule has 0 amide bonds. The van der Waals surface area contributed by atoms with Gasteiger partial charge in [-0.1, -0.05) is 36.4 Å². The van der Waals surface area contributed by atoms with Crippen LogP contribution < -0.4 is 0 Å². The van der Waals surface area contributed by atoms with E-state index in [2.05, 4.69) is 53.6 Å². The number of thiophene rings is 1. The Morgan fingerprint density at radius 3 is 2.72 bits per heavy atom. The van der Waals surface area contributed by atoms with E-state index in [4.69, 9.17) is 0 Å². The lowest BCUT2D eigenvalue weighted by molar-refractivity contribution is 0.688. The molecular weight excluding hydrogens is 238 g/mol. The molecule has 1 atom stereocenters. The van der Waals surface area contributed by atoms with E-state index in [1.165, 1.54) is 37.9 Å². The first-order valence-corrected chi connectivity index (χ1v) is 7.11. The van der Waals surface area contributed by atoms with Crippen LogP contribution in [0.1, 0.15) is 5.56 Å². The van der Waals surface area contributed by atoms with Gasteiger partial charge in [-0.3, -0.25) is 0 Å². The lowest BCUT2D eigenvalue weighted by Gasteiger charge is -2.16. The third-order valence-electron chi connectivity index (χ3n) is 4.03. The van der Waals surface area contributed by atoms with Crippen LogP contribution in [0.15, 0.2) is 48.7 Å². The van der Waals surface area contributed by atoms with Crippen molar-refractivity contribution in [1.82, 2.24) is 4.90 Å². The number of fused-ring (bicyclic) bond motifs is 4. The minimum atomic E-state index is 0.723. The molecule has 1 aromatic heterocycles. The Kier molecular flexibility index (Phi) is 1.51. The summed E-state index contributed by atoms with van der Waals surface area (Å²) in [6.07, 6.45) is 2.31. The number of nitrogens with zero attached hydrogens (tertiary/aromatic N) is 1. The molecule has 0 aliphatic carbocycles. The molecule has 3 aromatic rings. The molecule has 0 saturated carbocycles. The maximum Gasteiger partial charge on any atom is 0.0733 e. The highest BCUT2D eigenvalue weighted by Crippen LogP contribution is 2.46. The minimum Gasteiger partial charge on any atom is -0.366 e. The predicted molar refractivity (Wildman–Crippen MR) is 77.8 cm³/mol.